The molecular formula is C11H10F2N2O4S. The van der Waals surface area contributed by atoms with Crippen molar-refractivity contribution >= 4 is 21.8 Å². The second-order valence-corrected chi connectivity index (χ2v) is 5.55. The van der Waals surface area contributed by atoms with Crippen LogP contribution >= 0.6 is 0 Å². The summed E-state index contributed by atoms with van der Waals surface area (Å²) in [5, 5.41) is 0. The third-order valence-electron chi connectivity index (χ3n) is 2.70. The Morgan fingerprint density at radius 3 is 2.60 bits per heavy atom. The summed E-state index contributed by atoms with van der Waals surface area (Å²) in [6.45, 7) is -1.92. The molecule has 6 nitrogen and oxygen atoms in total. The molecule has 1 aromatic carbocycles. The molecule has 0 radical (unpaired) electrons. The third kappa shape index (κ3) is 2.36. The molecule has 1 aliphatic heterocycles. The highest BCUT2D eigenvalue weighted by molar-refractivity contribution is 7.90. The number of alkyl halides is 2. The number of halogens is 2. The van der Waals surface area contributed by atoms with E-state index in [2.05, 4.69) is 9.13 Å². The summed E-state index contributed by atoms with van der Waals surface area (Å²) in [6.07, 6.45) is 0. The van der Waals surface area contributed by atoms with Gasteiger partial charge in [0.05, 0.1) is 5.56 Å². The zero-order valence-corrected chi connectivity index (χ0v) is 11.3. The largest absolute Gasteiger partial charge is 0.434 e. The molecule has 9 heteroatoms. The predicted octanol–water partition coefficient (Wildman–Crippen LogP) is 1.22. The highest BCUT2D eigenvalue weighted by Crippen LogP contribution is 2.34. The molecule has 1 aliphatic rings. The molecule has 0 atom stereocenters. The Kier molecular flexibility index (Phi) is 3.46. The van der Waals surface area contributed by atoms with Crippen LogP contribution in [0.25, 0.3) is 0 Å². The molecule has 0 saturated carbocycles. The Bertz CT molecular complexity index is 700. The first kappa shape index (κ1) is 14.4. The van der Waals surface area contributed by atoms with Crippen molar-refractivity contribution in [1.82, 2.24) is 4.90 Å². The van der Waals surface area contributed by atoms with Crippen LogP contribution in [0, 0.1) is 0 Å². The van der Waals surface area contributed by atoms with E-state index in [-0.39, 0.29) is 22.0 Å². The fourth-order valence-electron chi connectivity index (χ4n) is 1.73. The van der Waals surface area contributed by atoms with E-state index in [1.54, 1.807) is 0 Å². The molecule has 20 heavy (non-hydrogen) atoms. The number of amides is 1. The van der Waals surface area contributed by atoms with Crippen LogP contribution in [0.2, 0.25) is 0 Å². The number of fused-ring (bicyclic) bond motifs is 1. The molecular weight excluding hydrogens is 294 g/mol. The van der Waals surface area contributed by atoms with Gasteiger partial charge in [0.1, 0.15) is 10.6 Å². The topological polar surface area (TPSA) is 76.0 Å². The van der Waals surface area contributed by atoms with Gasteiger partial charge in [-0.25, -0.2) is 0 Å². The van der Waals surface area contributed by atoms with Gasteiger partial charge in [-0.3, -0.25) is 9.69 Å². The highest BCUT2D eigenvalue weighted by atomic mass is 32.2. The zero-order chi connectivity index (χ0) is 15.1. The monoisotopic (exact) mass is 304 g/mol. The van der Waals surface area contributed by atoms with E-state index in [1.807, 2.05) is 0 Å². The number of carbonyl (C=O) groups is 1. The molecule has 0 saturated heterocycles. The second-order valence-electron chi connectivity index (χ2n) is 3.98. The van der Waals surface area contributed by atoms with Gasteiger partial charge in [0.25, 0.3) is 10.0 Å². The number of amidine groups is 1. The van der Waals surface area contributed by atoms with Gasteiger partial charge in [0.2, 0.25) is 5.91 Å². The van der Waals surface area contributed by atoms with Crippen molar-refractivity contribution in [3.8, 4) is 5.75 Å². The van der Waals surface area contributed by atoms with Gasteiger partial charge in [0.15, 0.2) is 5.84 Å². The van der Waals surface area contributed by atoms with E-state index >= 15 is 0 Å². The Morgan fingerprint density at radius 1 is 1.40 bits per heavy atom. The summed E-state index contributed by atoms with van der Waals surface area (Å²) >= 11 is 0. The minimum absolute atomic E-state index is 0.134. The smallest absolute Gasteiger partial charge is 0.387 e. The van der Waals surface area contributed by atoms with E-state index in [0.29, 0.717) is 0 Å². The van der Waals surface area contributed by atoms with Gasteiger partial charge in [-0.15, -0.1) is 4.40 Å². The summed E-state index contributed by atoms with van der Waals surface area (Å²) in [6, 6.07) is 3.67. The normalized spacial score (nSPS) is 15.8. The van der Waals surface area contributed by atoms with Crippen LogP contribution in [0.4, 0.5) is 8.78 Å². The van der Waals surface area contributed by atoms with Crippen LogP contribution in [0.1, 0.15) is 12.5 Å². The summed E-state index contributed by atoms with van der Waals surface area (Å²) in [4.78, 5) is 12.0. The average molecular weight is 304 g/mol. The lowest BCUT2D eigenvalue weighted by Crippen LogP contribution is -2.31. The van der Waals surface area contributed by atoms with Gasteiger partial charge in [-0.2, -0.15) is 17.2 Å². The number of benzene rings is 1. The quantitative estimate of drug-likeness (QED) is 0.823. The molecule has 0 aromatic heterocycles. The predicted molar refractivity (Wildman–Crippen MR) is 65.2 cm³/mol. The molecule has 1 amide bonds. The lowest BCUT2D eigenvalue weighted by atomic mass is 10.1. The first-order valence-electron chi connectivity index (χ1n) is 5.41. The maximum atomic E-state index is 12.4. The maximum Gasteiger partial charge on any atom is 0.387 e. The number of sulfonamides is 1. The molecule has 2 rings (SSSR count). The van der Waals surface area contributed by atoms with Crippen LogP contribution in [0.3, 0.4) is 0 Å². The molecule has 0 N–H and O–H groups in total. The zero-order valence-electron chi connectivity index (χ0n) is 10.5. The van der Waals surface area contributed by atoms with Crippen molar-refractivity contribution in [2.45, 2.75) is 18.4 Å². The first-order valence-corrected chi connectivity index (χ1v) is 6.85. The van der Waals surface area contributed by atoms with E-state index < -0.39 is 22.5 Å². The molecule has 1 heterocycles. The van der Waals surface area contributed by atoms with Gasteiger partial charge >= 0.3 is 6.61 Å². The Labute approximate surface area is 113 Å². The molecule has 1 aromatic rings. The number of hydrogen-bond acceptors (Lipinski definition) is 4. The van der Waals surface area contributed by atoms with Crippen LogP contribution in [0.5, 0.6) is 5.75 Å². The van der Waals surface area contributed by atoms with E-state index in [4.69, 9.17) is 0 Å². The molecule has 0 bridgehead atoms. The molecule has 108 valence electrons. The lowest BCUT2D eigenvalue weighted by Gasteiger charge is -2.16. The summed E-state index contributed by atoms with van der Waals surface area (Å²) in [5.74, 6) is -1.06. The van der Waals surface area contributed by atoms with Crippen LogP contribution < -0.4 is 4.74 Å². The lowest BCUT2D eigenvalue weighted by molar-refractivity contribution is -0.124. The van der Waals surface area contributed by atoms with Crippen LogP contribution in [-0.4, -0.2) is 38.7 Å². The van der Waals surface area contributed by atoms with E-state index in [0.717, 1.165) is 4.90 Å². The fourth-order valence-corrected chi connectivity index (χ4v) is 2.97. The van der Waals surface area contributed by atoms with Gasteiger partial charge in [-0.05, 0) is 12.1 Å². The first-order chi connectivity index (χ1) is 9.24. The number of ether oxygens (including phenoxy) is 1. The molecule has 0 spiro atoms. The SMILES string of the molecule is CC(=O)N(C)C1=NS(=O)(=O)c2cccc(OC(F)F)c21. The van der Waals surface area contributed by atoms with E-state index in [1.165, 1.54) is 32.2 Å². The van der Waals surface area contributed by atoms with Crippen LogP contribution in [0.15, 0.2) is 27.5 Å². The summed E-state index contributed by atoms with van der Waals surface area (Å²) in [7, 11) is -2.73. The highest BCUT2D eigenvalue weighted by Gasteiger charge is 2.35. The van der Waals surface area contributed by atoms with E-state index in [9.17, 15) is 22.0 Å². The standard InChI is InChI=1S/C11H10F2N2O4S/c1-6(16)15(2)10-9-7(19-11(12)13)4-3-5-8(9)20(17,18)14-10/h3-5,11H,1-2H3. The second kappa shape index (κ2) is 4.82. The van der Waals surface area contributed by atoms with Crippen molar-refractivity contribution in [2.75, 3.05) is 7.05 Å². The van der Waals surface area contributed by atoms with Crippen molar-refractivity contribution in [3.05, 3.63) is 23.8 Å². The minimum atomic E-state index is -4.02. The van der Waals surface area contributed by atoms with Gasteiger partial charge in [-0.1, -0.05) is 6.07 Å². The minimum Gasteiger partial charge on any atom is -0.434 e. The number of rotatable bonds is 2. The van der Waals surface area contributed by atoms with Crippen molar-refractivity contribution in [3.63, 3.8) is 0 Å². The Balaban J connectivity index is 2.66. The number of carbonyl (C=O) groups excluding carboxylic acids is 1. The number of hydrogen-bond donors (Lipinski definition) is 0. The van der Waals surface area contributed by atoms with Crippen LogP contribution in [-0.2, 0) is 14.8 Å². The van der Waals surface area contributed by atoms with Crippen molar-refractivity contribution in [1.29, 1.82) is 0 Å². The third-order valence-corrected chi connectivity index (χ3v) is 4.01. The average Bonchev–Trinajstić information content (AvgIpc) is 2.61. The molecule has 0 unspecified atom stereocenters. The number of nitrogens with zero attached hydrogens (tertiary/aromatic N) is 2. The van der Waals surface area contributed by atoms with Gasteiger partial charge in [0, 0.05) is 14.0 Å². The Hall–Kier alpha value is -2.03. The van der Waals surface area contributed by atoms with Gasteiger partial charge < -0.3 is 4.74 Å². The fraction of sp³-hybridized carbons (Fsp3) is 0.273. The molecule has 0 fully saturated rings. The summed E-state index contributed by atoms with van der Waals surface area (Å²) < 4.78 is 56.2. The van der Waals surface area contributed by atoms with Crippen molar-refractivity contribution < 1.29 is 26.7 Å². The van der Waals surface area contributed by atoms with Crippen molar-refractivity contribution in [2.24, 2.45) is 4.40 Å². The summed E-state index contributed by atoms with van der Waals surface area (Å²) in [5.41, 5.74) is -0.134. The molecule has 0 aliphatic carbocycles. The Morgan fingerprint density at radius 2 is 2.05 bits per heavy atom. The maximum absolute atomic E-state index is 12.4.